The molecule has 3 rings (SSSR count). The third-order valence-corrected chi connectivity index (χ3v) is 6.77. The number of aromatic amines is 1. The average molecular weight is 405 g/mol. The first-order valence-corrected chi connectivity index (χ1v) is 9.87. The molecule has 1 heterocycles. The van der Waals surface area contributed by atoms with E-state index in [0.29, 0.717) is 10.8 Å². The molecule has 0 atom stereocenters. The van der Waals surface area contributed by atoms with Crippen LogP contribution in [0.15, 0.2) is 59.5 Å². The first-order valence-electron chi connectivity index (χ1n) is 8.01. The van der Waals surface area contributed by atoms with Crippen LogP contribution < -0.4 is 5.32 Å². The number of carbonyl (C=O) groups is 1. The van der Waals surface area contributed by atoms with Gasteiger partial charge in [-0.2, -0.15) is 4.98 Å². The Labute approximate surface area is 161 Å². The fraction of sp³-hybridized carbons (Fsp3) is 0.167. The van der Waals surface area contributed by atoms with E-state index >= 15 is 0 Å². The number of anilines is 1. The van der Waals surface area contributed by atoms with Gasteiger partial charge in [-0.3, -0.25) is 15.2 Å². The van der Waals surface area contributed by atoms with Gasteiger partial charge in [-0.25, -0.2) is 8.42 Å². The summed E-state index contributed by atoms with van der Waals surface area (Å²) in [5.41, 5.74) is 0.790. The van der Waals surface area contributed by atoms with Crippen molar-refractivity contribution in [2.24, 2.45) is 0 Å². The van der Waals surface area contributed by atoms with E-state index in [4.69, 9.17) is 11.6 Å². The van der Waals surface area contributed by atoms with Crippen molar-refractivity contribution in [3.63, 3.8) is 0 Å². The van der Waals surface area contributed by atoms with E-state index in [0.717, 1.165) is 5.56 Å². The normalized spacial score (nSPS) is 12.0. The second kappa shape index (κ2) is 7.13. The SMILES string of the molecule is CC(C)(C(=O)Nc1n[nH]c(-c2ccccc2)n1)S(=O)(=O)c1ccc(Cl)cc1. The maximum atomic E-state index is 12.9. The van der Waals surface area contributed by atoms with Crippen molar-refractivity contribution in [1.29, 1.82) is 0 Å². The number of rotatable bonds is 5. The van der Waals surface area contributed by atoms with Crippen LogP contribution in [-0.4, -0.2) is 34.3 Å². The predicted molar refractivity (Wildman–Crippen MR) is 103 cm³/mol. The molecule has 0 saturated heterocycles. The number of hydrogen-bond acceptors (Lipinski definition) is 5. The van der Waals surface area contributed by atoms with Gasteiger partial charge in [0.15, 0.2) is 15.7 Å². The molecule has 2 N–H and O–H groups in total. The number of halogens is 1. The topological polar surface area (TPSA) is 105 Å². The van der Waals surface area contributed by atoms with Gasteiger partial charge in [-0.1, -0.05) is 41.9 Å². The summed E-state index contributed by atoms with van der Waals surface area (Å²) in [6.07, 6.45) is 0. The van der Waals surface area contributed by atoms with Crippen molar-refractivity contribution in [3.8, 4) is 11.4 Å². The van der Waals surface area contributed by atoms with Gasteiger partial charge >= 0.3 is 0 Å². The molecule has 3 aromatic rings. The van der Waals surface area contributed by atoms with Crippen LogP contribution in [0.1, 0.15) is 13.8 Å². The lowest BCUT2D eigenvalue weighted by Crippen LogP contribution is -2.44. The van der Waals surface area contributed by atoms with Crippen molar-refractivity contribution >= 4 is 33.3 Å². The Morgan fingerprint density at radius 2 is 1.70 bits per heavy atom. The van der Waals surface area contributed by atoms with E-state index in [1.165, 1.54) is 38.1 Å². The minimum Gasteiger partial charge on any atom is -0.292 e. The molecule has 0 aliphatic rings. The monoisotopic (exact) mass is 404 g/mol. The third-order valence-electron chi connectivity index (χ3n) is 4.10. The zero-order valence-corrected chi connectivity index (χ0v) is 16.2. The van der Waals surface area contributed by atoms with Crippen LogP contribution in [0.3, 0.4) is 0 Å². The van der Waals surface area contributed by atoms with Gasteiger partial charge in [-0.05, 0) is 38.1 Å². The van der Waals surface area contributed by atoms with Gasteiger partial charge in [0.2, 0.25) is 11.9 Å². The third kappa shape index (κ3) is 3.72. The number of benzene rings is 2. The van der Waals surface area contributed by atoms with Crippen molar-refractivity contribution in [3.05, 3.63) is 59.6 Å². The van der Waals surface area contributed by atoms with Gasteiger partial charge in [0.25, 0.3) is 0 Å². The van der Waals surface area contributed by atoms with E-state index in [-0.39, 0.29) is 10.8 Å². The lowest BCUT2D eigenvalue weighted by Gasteiger charge is -2.23. The van der Waals surface area contributed by atoms with E-state index in [2.05, 4.69) is 20.5 Å². The Bertz CT molecular complexity index is 1060. The molecule has 27 heavy (non-hydrogen) atoms. The lowest BCUT2D eigenvalue weighted by molar-refractivity contribution is -0.117. The molecule has 7 nitrogen and oxygen atoms in total. The van der Waals surface area contributed by atoms with E-state index < -0.39 is 20.5 Å². The summed E-state index contributed by atoms with van der Waals surface area (Å²) in [5, 5.41) is 9.52. The zero-order valence-electron chi connectivity index (χ0n) is 14.6. The standard InChI is InChI=1S/C18H17ClN4O3S/c1-18(2,27(25,26)14-10-8-13(19)9-11-14)16(24)21-17-20-15(22-23-17)12-6-4-3-5-7-12/h3-11H,1-2H3,(H2,20,21,22,23,24). The molecule has 0 aliphatic carbocycles. The van der Waals surface area contributed by atoms with E-state index in [1.54, 1.807) is 0 Å². The molecule has 1 aromatic heterocycles. The van der Waals surface area contributed by atoms with Gasteiger partial charge in [0.1, 0.15) is 4.75 Å². The number of aromatic nitrogens is 3. The molecule has 2 aromatic carbocycles. The molecule has 0 spiro atoms. The molecule has 0 radical (unpaired) electrons. The molecule has 0 saturated carbocycles. The summed E-state index contributed by atoms with van der Waals surface area (Å²) < 4.78 is 24.0. The van der Waals surface area contributed by atoms with Crippen molar-refractivity contribution in [2.75, 3.05) is 5.32 Å². The Balaban J connectivity index is 1.82. The molecule has 0 bridgehead atoms. The van der Waals surface area contributed by atoms with E-state index in [9.17, 15) is 13.2 Å². The van der Waals surface area contributed by atoms with Crippen molar-refractivity contribution in [2.45, 2.75) is 23.5 Å². The Morgan fingerprint density at radius 3 is 2.33 bits per heavy atom. The van der Waals surface area contributed by atoms with Gasteiger partial charge in [0.05, 0.1) is 4.90 Å². The van der Waals surface area contributed by atoms with Crippen LogP contribution in [0.5, 0.6) is 0 Å². The number of hydrogen-bond donors (Lipinski definition) is 2. The summed E-state index contributed by atoms with van der Waals surface area (Å²) in [6.45, 7) is 2.66. The zero-order chi connectivity index (χ0) is 19.7. The number of amides is 1. The maximum Gasteiger partial charge on any atom is 0.249 e. The van der Waals surface area contributed by atoms with Crippen LogP contribution in [0, 0.1) is 0 Å². The molecule has 0 fully saturated rings. The summed E-state index contributed by atoms with van der Waals surface area (Å²) in [6, 6.07) is 14.9. The Kier molecular flexibility index (Phi) is 5.03. The molecule has 1 amide bonds. The highest BCUT2D eigenvalue weighted by Gasteiger charge is 2.43. The molecular weight excluding hydrogens is 388 g/mol. The number of nitrogens with zero attached hydrogens (tertiary/aromatic N) is 2. The fourth-order valence-electron chi connectivity index (χ4n) is 2.33. The Morgan fingerprint density at radius 1 is 1.07 bits per heavy atom. The van der Waals surface area contributed by atoms with Gasteiger partial charge in [-0.15, -0.1) is 5.10 Å². The number of nitrogens with one attached hydrogen (secondary N) is 2. The largest absolute Gasteiger partial charge is 0.292 e. The van der Waals surface area contributed by atoms with Crippen LogP contribution in [0.25, 0.3) is 11.4 Å². The van der Waals surface area contributed by atoms with Gasteiger partial charge < -0.3 is 0 Å². The molecule has 140 valence electrons. The van der Waals surface area contributed by atoms with E-state index in [1.807, 2.05) is 30.3 Å². The maximum absolute atomic E-state index is 12.9. The van der Waals surface area contributed by atoms with Crippen molar-refractivity contribution < 1.29 is 13.2 Å². The second-order valence-electron chi connectivity index (χ2n) is 6.30. The highest BCUT2D eigenvalue weighted by atomic mass is 35.5. The molecule has 0 unspecified atom stereocenters. The predicted octanol–water partition coefficient (Wildman–Crippen LogP) is 3.32. The first-order chi connectivity index (χ1) is 12.7. The molecular formula is C18H17ClN4O3S. The van der Waals surface area contributed by atoms with Crippen LogP contribution in [0.4, 0.5) is 5.95 Å². The smallest absolute Gasteiger partial charge is 0.249 e. The van der Waals surface area contributed by atoms with Crippen LogP contribution in [0.2, 0.25) is 5.02 Å². The summed E-state index contributed by atoms with van der Waals surface area (Å²) in [4.78, 5) is 16.9. The highest BCUT2D eigenvalue weighted by molar-refractivity contribution is 7.93. The van der Waals surface area contributed by atoms with Crippen LogP contribution >= 0.6 is 11.6 Å². The summed E-state index contributed by atoms with van der Waals surface area (Å²) >= 11 is 5.80. The minimum atomic E-state index is -3.96. The molecule has 0 aliphatic heterocycles. The quantitative estimate of drug-likeness (QED) is 0.678. The lowest BCUT2D eigenvalue weighted by atomic mass is 10.2. The number of carbonyl (C=O) groups excluding carboxylic acids is 1. The Hall–Kier alpha value is -2.71. The average Bonchev–Trinajstić information content (AvgIpc) is 3.11. The highest BCUT2D eigenvalue weighted by Crippen LogP contribution is 2.27. The fourth-order valence-corrected chi connectivity index (χ4v) is 3.83. The van der Waals surface area contributed by atoms with Crippen LogP contribution in [-0.2, 0) is 14.6 Å². The first kappa shape index (κ1) is 19.1. The second-order valence-corrected chi connectivity index (χ2v) is 9.23. The van der Waals surface area contributed by atoms with Gasteiger partial charge in [0, 0.05) is 10.6 Å². The number of H-pyrrole nitrogens is 1. The number of sulfone groups is 1. The summed E-state index contributed by atoms with van der Waals surface area (Å²) in [7, 11) is -3.96. The minimum absolute atomic E-state index is 0.00164. The summed E-state index contributed by atoms with van der Waals surface area (Å²) in [5.74, 6) is -0.279. The van der Waals surface area contributed by atoms with Crippen molar-refractivity contribution in [1.82, 2.24) is 15.2 Å². The molecule has 9 heteroatoms.